The first-order valence-corrected chi connectivity index (χ1v) is 9.92. The van der Waals surface area contributed by atoms with E-state index in [1.165, 1.54) is 12.2 Å². The molecular weight excluding hydrogens is 431 g/mol. The quantitative estimate of drug-likeness (QED) is 0.479. The van der Waals surface area contributed by atoms with Gasteiger partial charge in [-0.2, -0.15) is 5.10 Å². The smallest absolute Gasteiger partial charge is 0.497 e. The number of ether oxygens (including phenoxy) is 2. The number of rotatable bonds is 5. The highest BCUT2D eigenvalue weighted by Gasteiger charge is 2.32. The summed E-state index contributed by atoms with van der Waals surface area (Å²) in [4.78, 5) is 4.67. The van der Waals surface area contributed by atoms with Crippen LogP contribution in [-0.4, -0.2) is 28.2 Å². The van der Waals surface area contributed by atoms with Gasteiger partial charge < -0.3 is 9.47 Å². The molecule has 0 saturated heterocycles. The van der Waals surface area contributed by atoms with Crippen LogP contribution in [0.1, 0.15) is 6.92 Å². The molecule has 31 heavy (non-hydrogen) atoms. The van der Waals surface area contributed by atoms with E-state index in [0.717, 1.165) is 10.9 Å². The summed E-state index contributed by atoms with van der Waals surface area (Å²) in [5.41, 5.74) is 2.17. The van der Waals surface area contributed by atoms with Crippen LogP contribution in [0, 0.1) is 11.8 Å². The average molecular weight is 450 g/mol. The topological polar surface area (TPSA) is 49.2 Å². The van der Waals surface area contributed by atoms with Crippen LogP contribution in [0.3, 0.4) is 0 Å². The van der Waals surface area contributed by atoms with Crippen LogP contribution < -0.4 is 4.74 Å². The molecule has 4 rings (SSSR count). The number of nitrogens with zero attached hydrogens (tertiary/aromatic N) is 3. The van der Waals surface area contributed by atoms with Gasteiger partial charge in [-0.05, 0) is 36.3 Å². The molecule has 0 saturated carbocycles. The first-order chi connectivity index (χ1) is 14.7. The molecule has 1 aliphatic carbocycles. The lowest BCUT2D eigenvalue weighted by Crippen LogP contribution is -2.20. The Morgan fingerprint density at radius 2 is 2.03 bits per heavy atom. The second kappa shape index (κ2) is 8.26. The van der Waals surface area contributed by atoms with Crippen molar-refractivity contribution in [1.82, 2.24) is 14.8 Å². The maximum atomic E-state index is 12.4. The highest BCUT2D eigenvalue weighted by molar-refractivity contribution is 6.35. The van der Waals surface area contributed by atoms with Crippen molar-refractivity contribution >= 4 is 22.5 Å². The Balaban J connectivity index is 1.52. The molecule has 0 aliphatic heterocycles. The molecule has 9 heteroatoms. The largest absolute Gasteiger partial charge is 0.573 e. The normalized spacial score (nSPS) is 18.8. The van der Waals surface area contributed by atoms with Crippen molar-refractivity contribution in [1.29, 1.82) is 0 Å². The first kappa shape index (κ1) is 21.2. The van der Waals surface area contributed by atoms with Crippen molar-refractivity contribution in [2.24, 2.45) is 11.8 Å². The number of halogens is 4. The van der Waals surface area contributed by atoms with E-state index in [4.69, 9.17) is 16.3 Å². The predicted octanol–water partition coefficient (Wildman–Crippen LogP) is 6.00. The minimum absolute atomic E-state index is 0.0225. The Hall–Kier alpha value is -3.00. The first-order valence-electron chi connectivity index (χ1n) is 9.55. The molecule has 3 aromatic rings. The van der Waals surface area contributed by atoms with Crippen LogP contribution in [0.15, 0.2) is 60.6 Å². The lowest BCUT2D eigenvalue weighted by molar-refractivity contribution is -0.303. The molecule has 2 aromatic heterocycles. The zero-order valence-electron chi connectivity index (χ0n) is 16.7. The molecule has 162 valence electrons. The summed E-state index contributed by atoms with van der Waals surface area (Å²) in [5, 5.41) is 5.78. The van der Waals surface area contributed by atoms with Crippen molar-refractivity contribution in [2.45, 2.75) is 19.8 Å². The number of pyridine rings is 1. The van der Waals surface area contributed by atoms with Gasteiger partial charge in [0.05, 0.1) is 29.5 Å². The van der Waals surface area contributed by atoms with E-state index in [2.05, 4.69) is 14.8 Å². The van der Waals surface area contributed by atoms with Gasteiger partial charge in [-0.1, -0.05) is 24.6 Å². The maximum Gasteiger partial charge on any atom is 0.573 e. The van der Waals surface area contributed by atoms with E-state index >= 15 is 0 Å². The van der Waals surface area contributed by atoms with Gasteiger partial charge in [-0.3, -0.25) is 4.68 Å². The van der Waals surface area contributed by atoms with Crippen molar-refractivity contribution in [3.63, 3.8) is 0 Å². The van der Waals surface area contributed by atoms with Gasteiger partial charge in [0.25, 0.3) is 0 Å². The monoisotopic (exact) mass is 449 g/mol. The number of alkyl halides is 3. The van der Waals surface area contributed by atoms with E-state index in [1.807, 2.05) is 31.3 Å². The molecule has 0 amide bonds. The van der Waals surface area contributed by atoms with E-state index < -0.39 is 6.36 Å². The van der Waals surface area contributed by atoms with Crippen LogP contribution in [0.4, 0.5) is 13.2 Å². The average Bonchev–Trinajstić information content (AvgIpc) is 3.17. The molecule has 2 heterocycles. The third-order valence-corrected chi connectivity index (χ3v) is 5.45. The molecule has 0 N–H and O–H groups in total. The van der Waals surface area contributed by atoms with Gasteiger partial charge in [-0.25, -0.2) is 4.98 Å². The fraction of sp³-hybridized carbons (Fsp3) is 0.273. The molecule has 2 atom stereocenters. The summed E-state index contributed by atoms with van der Waals surface area (Å²) in [5.74, 6) is 0.327. The second-order valence-electron chi connectivity index (χ2n) is 7.32. The molecular formula is C22H19ClF3N3O2. The number of aromatic nitrogens is 3. The van der Waals surface area contributed by atoms with E-state index in [1.54, 1.807) is 30.1 Å². The summed E-state index contributed by atoms with van der Waals surface area (Å²) in [6.45, 7) is 2.35. The van der Waals surface area contributed by atoms with Gasteiger partial charge in [0, 0.05) is 35.7 Å². The van der Waals surface area contributed by atoms with Crippen LogP contribution >= 0.6 is 11.6 Å². The number of allylic oxidation sites excluding steroid dienone is 3. The molecule has 5 nitrogen and oxygen atoms in total. The summed E-state index contributed by atoms with van der Waals surface area (Å²) in [6.07, 6.45) is 3.37. The van der Waals surface area contributed by atoms with Gasteiger partial charge in [0.1, 0.15) is 11.5 Å². The van der Waals surface area contributed by atoms with E-state index in [0.29, 0.717) is 28.5 Å². The van der Waals surface area contributed by atoms with Gasteiger partial charge in [0.15, 0.2) is 0 Å². The van der Waals surface area contributed by atoms with Crippen LogP contribution in [0.25, 0.3) is 22.2 Å². The van der Waals surface area contributed by atoms with Crippen molar-refractivity contribution in [3.8, 4) is 17.0 Å². The van der Waals surface area contributed by atoms with Crippen molar-refractivity contribution in [3.05, 3.63) is 65.7 Å². The summed E-state index contributed by atoms with van der Waals surface area (Å²) < 4.78 is 48.2. The molecule has 0 bridgehead atoms. The minimum Gasteiger partial charge on any atom is -0.497 e. The van der Waals surface area contributed by atoms with Gasteiger partial charge in [-0.15, -0.1) is 13.2 Å². The molecule has 0 radical (unpaired) electrons. The Kier molecular flexibility index (Phi) is 5.66. The fourth-order valence-corrected chi connectivity index (χ4v) is 3.78. The predicted molar refractivity (Wildman–Crippen MR) is 112 cm³/mol. The molecule has 1 aromatic carbocycles. The third kappa shape index (κ3) is 4.85. The second-order valence-corrected chi connectivity index (χ2v) is 7.73. The maximum absolute atomic E-state index is 12.4. The summed E-state index contributed by atoms with van der Waals surface area (Å²) in [6, 6.07) is 7.28. The Morgan fingerprint density at radius 1 is 1.23 bits per heavy atom. The summed E-state index contributed by atoms with van der Waals surface area (Å²) in [7, 11) is 1.59. The Bertz CT molecular complexity index is 1170. The number of hydrogen-bond acceptors (Lipinski definition) is 4. The SMILES string of the molecule is COc1ccc2c(Cl)cc(-c3cnn(CC4C=CC(OC(F)(F)F)=CC4C)c3)nc2c1. The van der Waals surface area contributed by atoms with E-state index in [9.17, 15) is 13.2 Å². The van der Waals surface area contributed by atoms with Crippen molar-refractivity contribution in [2.75, 3.05) is 7.11 Å². The van der Waals surface area contributed by atoms with E-state index in [-0.39, 0.29) is 17.6 Å². The zero-order valence-corrected chi connectivity index (χ0v) is 17.5. The van der Waals surface area contributed by atoms with Gasteiger partial charge in [0.2, 0.25) is 0 Å². The zero-order chi connectivity index (χ0) is 22.2. The number of hydrogen-bond donors (Lipinski definition) is 0. The molecule has 0 fully saturated rings. The van der Waals surface area contributed by atoms with Crippen molar-refractivity contribution < 1.29 is 22.6 Å². The van der Waals surface area contributed by atoms with Crippen LogP contribution in [-0.2, 0) is 11.3 Å². The molecule has 1 aliphatic rings. The Labute approximate surface area is 181 Å². The summed E-state index contributed by atoms with van der Waals surface area (Å²) >= 11 is 6.43. The third-order valence-electron chi connectivity index (χ3n) is 5.14. The standard InChI is InChI=1S/C22H19ClF3N3O2/c1-13-7-17(31-22(24,25)26)4-3-14(13)11-29-12-15(10-27-29)20-9-19(23)18-6-5-16(30-2)8-21(18)28-20/h3-10,12-14H,11H2,1-2H3. The lowest BCUT2D eigenvalue weighted by Gasteiger charge is -2.23. The minimum atomic E-state index is -4.70. The fourth-order valence-electron chi connectivity index (χ4n) is 3.51. The lowest BCUT2D eigenvalue weighted by atomic mass is 9.89. The number of fused-ring (bicyclic) bond motifs is 1. The molecule has 2 unspecified atom stereocenters. The highest BCUT2D eigenvalue weighted by Crippen LogP contribution is 2.31. The van der Waals surface area contributed by atoms with Crippen LogP contribution in [0.2, 0.25) is 5.02 Å². The molecule has 0 spiro atoms. The number of benzene rings is 1. The van der Waals surface area contributed by atoms with Gasteiger partial charge >= 0.3 is 6.36 Å². The highest BCUT2D eigenvalue weighted by atomic mass is 35.5. The number of methoxy groups -OCH3 is 1. The van der Waals surface area contributed by atoms with Crippen LogP contribution in [0.5, 0.6) is 5.75 Å². The Morgan fingerprint density at radius 3 is 2.74 bits per heavy atom.